The third-order valence-corrected chi connectivity index (χ3v) is 3.11. The van der Waals surface area contributed by atoms with Gasteiger partial charge in [-0.25, -0.2) is 8.78 Å². The van der Waals surface area contributed by atoms with E-state index in [4.69, 9.17) is 0 Å². The van der Waals surface area contributed by atoms with E-state index in [1.807, 2.05) is 0 Å². The Labute approximate surface area is 110 Å². The standard InChI is InChI=1S/C11H11BrF5N/c1-18-8(4-5-11(15,16)17)9-7(13)3-2-6(12)10(9)14/h2-3,8,18H,4-5H2,1H3. The summed E-state index contributed by atoms with van der Waals surface area (Å²) in [5.74, 6) is -1.74. The van der Waals surface area contributed by atoms with Crippen LogP contribution in [0.25, 0.3) is 0 Å². The van der Waals surface area contributed by atoms with Crippen LogP contribution in [0.3, 0.4) is 0 Å². The van der Waals surface area contributed by atoms with E-state index in [0.717, 1.165) is 6.07 Å². The lowest BCUT2D eigenvalue weighted by Crippen LogP contribution is -2.22. The molecule has 1 N–H and O–H groups in total. The van der Waals surface area contributed by atoms with Crippen LogP contribution in [0.5, 0.6) is 0 Å². The molecule has 0 spiro atoms. The van der Waals surface area contributed by atoms with E-state index in [1.54, 1.807) is 0 Å². The van der Waals surface area contributed by atoms with Gasteiger partial charge in [-0.1, -0.05) is 0 Å². The summed E-state index contributed by atoms with van der Waals surface area (Å²) in [6, 6.07) is 1.16. The molecule has 1 nitrogen and oxygen atoms in total. The molecule has 0 bridgehead atoms. The summed E-state index contributed by atoms with van der Waals surface area (Å²) in [6.45, 7) is 0. The maximum Gasteiger partial charge on any atom is 0.389 e. The van der Waals surface area contributed by atoms with E-state index in [1.165, 1.54) is 13.1 Å². The number of hydrogen-bond acceptors (Lipinski definition) is 1. The lowest BCUT2D eigenvalue weighted by atomic mass is 10.0. The number of rotatable bonds is 4. The molecule has 0 fully saturated rings. The van der Waals surface area contributed by atoms with Gasteiger partial charge >= 0.3 is 6.18 Å². The predicted octanol–water partition coefficient (Wildman–Crippen LogP) is 4.33. The van der Waals surface area contributed by atoms with Gasteiger partial charge in [0.15, 0.2) is 0 Å². The molecule has 18 heavy (non-hydrogen) atoms. The molecule has 0 aliphatic rings. The van der Waals surface area contributed by atoms with Crippen LogP contribution in [0.1, 0.15) is 24.4 Å². The molecule has 0 amide bonds. The van der Waals surface area contributed by atoms with Gasteiger partial charge in [-0.15, -0.1) is 0 Å². The normalized spacial score (nSPS) is 13.7. The van der Waals surface area contributed by atoms with Crippen molar-refractivity contribution in [2.75, 3.05) is 7.05 Å². The summed E-state index contributed by atoms with van der Waals surface area (Å²) in [6.07, 6.45) is -5.89. The van der Waals surface area contributed by atoms with E-state index < -0.39 is 36.7 Å². The Balaban J connectivity index is 2.99. The average molecular weight is 332 g/mol. The number of benzene rings is 1. The van der Waals surface area contributed by atoms with Gasteiger partial charge < -0.3 is 5.32 Å². The second-order valence-corrected chi connectivity index (χ2v) is 4.61. The van der Waals surface area contributed by atoms with Crippen molar-refractivity contribution in [2.24, 2.45) is 0 Å². The zero-order valence-electron chi connectivity index (χ0n) is 9.41. The SMILES string of the molecule is CNC(CCC(F)(F)F)c1c(F)ccc(Br)c1F. The maximum atomic E-state index is 13.7. The fourth-order valence-electron chi connectivity index (χ4n) is 1.60. The molecule has 0 radical (unpaired) electrons. The van der Waals surface area contributed by atoms with Crippen LogP contribution in [0, 0.1) is 11.6 Å². The molecule has 1 unspecified atom stereocenters. The number of alkyl halides is 3. The van der Waals surface area contributed by atoms with Crippen molar-refractivity contribution in [3.63, 3.8) is 0 Å². The van der Waals surface area contributed by atoms with E-state index in [9.17, 15) is 22.0 Å². The van der Waals surface area contributed by atoms with Crippen LogP contribution >= 0.6 is 15.9 Å². The lowest BCUT2D eigenvalue weighted by Gasteiger charge is -2.19. The fourth-order valence-corrected chi connectivity index (χ4v) is 1.95. The molecule has 7 heteroatoms. The molecular formula is C11H11BrF5N. The Hall–Kier alpha value is -0.690. The first-order chi connectivity index (χ1) is 8.26. The highest BCUT2D eigenvalue weighted by Crippen LogP contribution is 2.32. The van der Waals surface area contributed by atoms with Crippen LogP contribution in [-0.4, -0.2) is 13.2 Å². The first-order valence-corrected chi connectivity index (χ1v) is 5.93. The van der Waals surface area contributed by atoms with E-state index in [-0.39, 0.29) is 10.0 Å². The van der Waals surface area contributed by atoms with Crippen LogP contribution in [-0.2, 0) is 0 Å². The summed E-state index contributed by atoms with van der Waals surface area (Å²) in [5, 5.41) is 2.50. The van der Waals surface area contributed by atoms with Crippen molar-refractivity contribution >= 4 is 15.9 Å². The molecule has 0 saturated heterocycles. The van der Waals surface area contributed by atoms with Crippen LogP contribution in [0.2, 0.25) is 0 Å². The fraction of sp³-hybridized carbons (Fsp3) is 0.455. The van der Waals surface area contributed by atoms with E-state index >= 15 is 0 Å². The van der Waals surface area contributed by atoms with Gasteiger partial charge in [-0.3, -0.25) is 0 Å². The molecule has 102 valence electrons. The molecule has 0 heterocycles. The predicted molar refractivity (Wildman–Crippen MR) is 61.1 cm³/mol. The maximum absolute atomic E-state index is 13.7. The lowest BCUT2D eigenvalue weighted by molar-refractivity contribution is -0.136. The van der Waals surface area contributed by atoms with E-state index in [2.05, 4.69) is 21.2 Å². The summed E-state index contributed by atoms with van der Waals surface area (Å²) in [4.78, 5) is 0. The van der Waals surface area contributed by atoms with Gasteiger partial charge in [0.05, 0.1) is 4.47 Å². The zero-order valence-corrected chi connectivity index (χ0v) is 11.0. The first kappa shape index (κ1) is 15.4. The van der Waals surface area contributed by atoms with E-state index in [0.29, 0.717) is 0 Å². The van der Waals surface area contributed by atoms with Crippen LogP contribution < -0.4 is 5.32 Å². The molecule has 1 rings (SSSR count). The van der Waals surface area contributed by atoms with Gasteiger partial charge in [0.2, 0.25) is 0 Å². The Morgan fingerprint density at radius 2 is 1.89 bits per heavy atom. The van der Waals surface area contributed by atoms with Crippen LogP contribution in [0.4, 0.5) is 22.0 Å². The molecule has 1 aromatic carbocycles. The second kappa shape index (κ2) is 5.97. The van der Waals surface area contributed by atoms with Crippen molar-refractivity contribution in [3.8, 4) is 0 Å². The van der Waals surface area contributed by atoms with Gasteiger partial charge in [0, 0.05) is 18.0 Å². The Kier molecular flexibility index (Phi) is 5.10. The Morgan fingerprint density at radius 3 is 2.39 bits per heavy atom. The molecular weight excluding hydrogens is 321 g/mol. The highest BCUT2D eigenvalue weighted by molar-refractivity contribution is 9.10. The summed E-state index contributed by atoms with van der Waals surface area (Å²) in [5.41, 5.74) is -0.379. The molecule has 0 aliphatic heterocycles. The van der Waals surface area contributed by atoms with Gasteiger partial charge in [-0.2, -0.15) is 13.2 Å². The topological polar surface area (TPSA) is 12.0 Å². The monoisotopic (exact) mass is 331 g/mol. The average Bonchev–Trinajstić information content (AvgIpc) is 2.27. The summed E-state index contributed by atoms with van der Waals surface area (Å²) < 4.78 is 63.6. The minimum Gasteiger partial charge on any atom is -0.313 e. The van der Waals surface area contributed by atoms with Crippen molar-refractivity contribution in [2.45, 2.75) is 25.1 Å². The number of nitrogens with one attached hydrogen (secondary N) is 1. The molecule has 1 aromatic rings. The second-order valence-electron chi connectivity index (χ2n) is 3.75. The third kappa shape index (κ3) is 3.91. The van der Waals surface area contributed by atoms with Crippen LogP contribution in [0.15, 0.2) is 16.6 Å². The highest BCUT2D eigenvalue weighted by atomic mass is 79.9. The molecule has 1 atom stereocenters. The first-order valence-electron chi connectivity index (χ1n) is 5.13. The number of halogens is 6. The smallest absolute Gasteiger partial charge is 0.313 e. The highest BCUT2D eigenvalue weighted by Gasteiger charge is 2.30. The van der Waals surface area contributed by atoms with Crippen molar-refractivity contribution < 1.29 is 22.0 Å². The summed E-state index contributed by atoms with van der Waals surface area (Å²) in [7, 11) is 1.36. The summed E-state index contributed by atoms with van der Waals surface area (Å²) >= 11 is 2.88. The molecule has 0 saturated carbocycles. The van der Waals surface area contributed by atoms with Gasteiger partial charge in [0.1, 0.15) is 11.6 Å². The quantitative estimate of drug-likeness (QED) is 0.639. The van der Waals surface area contributed by atoms with Gasteiger partial charge in [-0.05, 0) is 41.5 Å². The van der Waals surface area contributed by atoms with Gasteiger partial charge in [0.25, 0.3) is 0 Å². The minimum atomic E-state index is -4.35. The third-order valence-electron chi connectivity index (χ3n) is 2.49. The molecule has 0 aliphatic carbocycles. The Bertz CT molecular complexity index is 419. The van der Waals surface area contributed by atoms with Crippen molar-refractivity contribution in [1.29, 1.82) is 0 Å². The number of hydrogen-bond donors (Lipinski definition) is 1. The molecule has 0 aromatic heterocycles. The zero-order chi connectivity index (χ0) is 13.9. The van der Waals surface area contributed by atoms with Crippen molar-refractivity contribution in [3.05, 3.63) is 33.8 Å². The Morgan fingerprint density at radius 1 is 1.28 bits per heavy atom. The van der Waals surface area contributed by atoms with Crippen molar-refractivity contribution in [1.82, 2.24) is 5.32 Å². The largest absolute Gasteiger partial charge is 0.389 e. The minimum absolute atomic E-state index is 0.0196.